The van der Waals surface area contributed by atoms with E-state index in [1.54, 1.807) is 24.3 Å². The van der Waals surface area contributed by atoms with E-state index in [1.807, 2.05) is 31.2 Å². The minimum absolute atomic E-state index is 0.153. The zero-order chi connectivity index (χ0) is 21.7. The van der Waals surface area contributed by atoms with Crippen LogP contribution in [0.25, 0.3) is 0 Å². The third-order valence-corrected chi connectivity index (χ3v) is 8.36. The van der Waals surface area contributed by atoms with Crippen LogP contribution in [-0.4, -0.2) is 31.2 Å². The lowest BCUT2D eigenvalue weighted by molar-refractivity contribution is -0.122. The number of amides is 1. The Bertz CT molecular complexity index is 974. The molecular weight excluding hydrogens is 532 g/mol. The zero-order valence-corrected chi connectivity index (χ0v) is 20.8. The molecule has 1 amide bonds. The van der Waals surface area contributed by atoms with Crippen LogP contribution in [0, 0.1) is 0 Å². The summed E-state index contributed by atoms with van der Waals surface area (Å²) in [6, 6.07) is 13.9. The van der Waals surface area contributed by atoms with Crippen molar-refractivity contribution in [2.24, 2.45) is 0 Å². The first-order chi connectivity index (χ1) is 14.3. The van der Waals surface area contributed by atoms with E-state index in [9.17, 15) is 13.2 Å². The Morgan fingerprint density at radius 2 is 1.73 bits per heavy atom. The fourth-order valence-corrected chi connectivity index (χ4v) is 6.13. The van der Waals surface area contributed by atoms with Crippen molar-refractivity contribution < 1.29 is 13.2 Å². The summed E-state index contributed by atoms with van der Waals surface area (Å²) >= 11 is 6.79. The fourth-order valence-electron chi connectivity index (χ4n) is 3.81. The van der Waals surface area contributed by atoms with Crippen molar-refractivity contribution in [3.8, 4) is 0 Å². The highest BCUT2D eigenvalue weighted by molar-refractivity contribution is 9.10. The number of hydrogen-bond donors (Lipinski definition) is 1. The van der Waals surface area contributed by atoms with Crippen LogP contribution in [0.3, 0.4) is 0 Å². The molecular formula is C22H26Br2N2O3S. The average Bonchev–Trinajstić information content (AvgIpc) is 2.73. The molecule has 0 radical (unpaired) electrons. The van der Waals surface area contributed by atoms with Crippen LogP contribution in [-0.2, 0) is 14.8 Å². The lowest BCUT2D eigenvalue weighted by atomic mass is 9.95. The first-order valence-corrected chi connectivity index (χ1v) is 13.1. The van der Waals surface area contributed by atoms with Crippen LogP contribution in [0.15, 0.2) is 62.4 Å². The van der Waals surface area contributed by atoms with Crippen molar-refractivity contribution >= 4 is 47.8 Å². The molecule has 1 N–H and O–H groups in total. The number of nitrogens with zero attached hydrogens (tertiary/aromatic N) is 1. The summed E-state index contributed by atoms with van der Waals surface area (Å²) in [5.41, 5.74) is 0.956. The summed E-state index contributed by atoms with van der Waals surface area (Å²) in [5, 5.41) is 2.95. The summed E-state index contributed by atoms with van der Waals surface area (Å²) in [7, 11) is -3.78. The van der Waals surface area contributed by atoms with E-state index in [0.717, 1.165) is 46.6 Å². The van der Waals surface area contributed by atoms with E-state index in [4.69, 9.17) is 0 Å². The number of sulfonamides is 1. The molecule has 30 heavy (non-hydrogen) atoms. The molecule has 1 aliphatic rings. The van der Waals surface area contributed by atoms with Gasteiger partial charge in [-0.05, 0) is 61.7 Å². The largest absolute Gasteiger partial charge is 0.348 e. The predicted molar refractivity (Wildman–Crippen MR) is 126 cm³/mol. The molecule has 8 heteroatoms. The summed E-state index contributed by atoms with van der Waals surface area (Å²) in [4.78, 5) is 13.1. The van der Waals surface area contributed by atoms with Gasteiger partial charge in [0.15, 0.2) is 0 Å². The Morgan fingerprint density at radius 1 is 1.07 bits per heavy atom. The highest BCUT2D eigenvalue weighted by atomic mass is 79.9. The van der Waals surface area contributed by atoms with Crippen molar-refractivity contribution in [1.29, 1.82) is 0 Å². The quantitative estimate of drug-likeness (QED) is 0.495. The van der Waals surface area contributed by atoms with Gasteiger partial charge in [-0.15, -0.1) is 0 Å². The minimum Gasteiger partial charge on any atom is -0.348 e. The number of halogens is 2. The van der Waals surface area contributed by atoms with E-state index < -0.39 is 10.0 Å². The SMILES string of the molecule is C[C@@H](NC(=O)CN(C1CCCCC1)S(=O)(=O)c1ccc(Br)cc1)c1cccc(Br)c1. The molecule has 3 rings (SSSR count). The molecule has 0 bridgehead atoms. The maximum absolute atomic E-state index is 13.4. The fraction of sp³-hybridized carbons (Fsp3) is 0.409. The summed E-state index contributed by atoms with van der Waals surface area (Å²) in [6.07, 6.45) is 4.63. The highest BCUT2D eigenvalue weighted by Gasteiger charge is 2.34. The van der Waals surface area contributed by atoms with Gasteiger partial charge in [0, 0.05) is 15.0 Å². The Hall–Kier alpha value is -1.22. The summed E-state index contributed by atoms with van der Waals surface area (Å²) in [5.74, 6) is -0.297. The second-order valence-electron chi connectivity index (χ2n) is 7.64. The number of carbonyl (C=O) groups is 1. The molecule has 0 heterocycles. The molecule has 0 aliphatic heterocycles. The van der Waals surface area contributed by atoms with Gasteiger partial charge in [0.25, 0.3) is 0 Å². The van der Waals surface area contributed by atoms with Crippen molar-refractivity contribution in [3.05, 3.63) is 63.0 Å². The molecule has 5 nitrogen and oxygen atoms in total. The van der Waals surface area contributed by atoms with E-state index in [2.05, 4.69) is 37.2 Å². The van der Waals surface area contributed by atoms with Crippen LogP contribution in [0.4, 0.5) is 0 Å². The molecule has 2 aromatic rings. The van der Waals surface area contributed by atoms with Gasteiger partial charge >= 0.3 is 0 Å². The van der Waals surface area contributed by atoms with Crippen molar-refractivity contribution in [1.82, 2.24) is 9.62 Å². The lowest BCUT2D eigenvalue weighted by Crippen LogP contribution is -2.47. The number of benzene rings is 2. The van der Waals surface area contributed by atoms with Gasteiger partial charge in [-0.2, -0.15) is 4.31 Å². The normalized spacial score (nSPS) is 16.4. The molecule has 1 aliphatic carbocycles. The Morgan fingerprint density at radius 3 is 2.37 bits per heavy atom. The zero-order valence-electron chi connectivity index (χ0n) is 16.9. The maximum atomic E-state index is 13.4. The second kappa shape index (κ2) is 10.4. The summed E-state index contributed by atoms with van der Waals surface area (Å²) in [6.45, 7) is 1.72. The van der Waals surface area contributed by atoms with Crippen LogP contribution < -0.4 is 5.32 Å². The molecule has 1 fully saturated rings. The van der Waals surface area contributed by atoms with Crippen LogP contribution in [0.5, 0.6) is 0 Å². The Kier molecular flexibility index (Phi) is 8.12. The molecule has 162 valence electrons. The third-order valence-electron chi connectivity index (χ3n) is 5.43. The first-order valence-electron chi connectivity index (χ1n) is 10.1. The van der Waals surface area contributed by atoms with Crippen LogP contribution in [0.2, 0.25) is 0 Å². The van der Waals surface area contributed by atoms with Crippen LogP contribution >= 0.6 is 31.9 Å². The molecule has 0 spiro atoms. The van der Waals surface area contributed by atoms with E-state index in [0.29, 0.717) is 0 Å². The van der Waals surface area contributed by atoms with Gasteiger partial charge in [0.1, 0.15) is 0 Å². The van der Waals surface area contributed by atoms with Gasteiger partial charge in [0.2, 0.25) is 15.9 Å². The van der Waals surface area contributed by atoms with Crippen molar-refractivity contribution in [2.45, 2.75) is 56.0 Å². The third kappa shape index (κ3) is 5.93. The number of rotatable bonds is 7. The average molecular weight is 558 g/mol. The minimum atomic E-state index is -3.78. The van der Waals surface area contributed by atoms with Crippen LogP contribution in [0.1, 0.15) is 50.6 Å². The smallest absolute Gasteiger partial charge is 0.243 e. The van der Waals surface area contributed by atoms with E-state index >= 15 is 0 Å². The van der Waals surface area contributed by atoms with Gasteiger partial charge in [0.05, 0.1) is 17.5 Å². The standard InChI is InChI=1S/C22H26Br2N2O3S/c1-16(17-6-5-7-19(24)14-17)25-22(27)15-26(20-8-3-2-4-9-20)30(28,29)21-12-10-18(23)11-13-21/h5-7,10-14,16,20H,2-4,8-9,15H2,1H3,(H,25,27)/t16-/m1/s1. The molecule has 1 atom stereocenters. The molecule has 2 aromatic carbocycles. The van der Waals surface area contributed by atoms with Gasteiger partial charge in [-0.3, -0.25) is 4.79 Å². The Balaban J connectivity index is 1.80. The van der Waals surface area contributed by atoms with Crippen molar-refractivity contribution in [2.75, 3.05) is 6.54 Å². The monoisotopic (exact) mass is 556 g/mol. The summed E-state index contributed by atoms with van der Waals surface area (Å²) < 4.78 is 30.0. The van der Waals surface area contributed by atoms with Gasteiger partial charge < -0.3 is 5.32 Å². The molecule has 1 saturated carbocycles. The predicted octanol–water partition coefficient (Wildman–Crippen LogP) is 5.41. The van der Waals surface area contributed by atoms with Crippen molar-refractivity contribution in [3.63, 3.8) is 0 Å². The Labute approximate surface area is 195 Å². The molecule has 0 saturated heterocycles. The van der Waals surface area contributed by atoms with Gasteiger partial charge in [-0.25, -0.2) is 8.42 Å². The number of nitrogens with one attached hydrogen (secondary N) is 1. The van der Waals surface area contributed by atoms with Gasteiger partial charge in [-0.1, -0.05) is 63.3 Å². The molecule has 0 unspecified atom stereocenters. The first kappa shape index (κ1) is 23.4. The second-order valence-corrected chi connectivity index (χ2v) is 11.4. The highest BCUT2D eigenvalue weighted by Crippen LogP contribution is 2.28. The molecule has 0 aromatic heterocycles. The number of hydrogen-bond acceptors (Lipinski definition) is 3. The van der Waals surface area contributed by atoms with E-state index in [1.165, 1.54) is 4.31 Å². The van der Waals surface area contributed by atoms with E-state index in [-0.39, 0.29) is 29.4 Å². The topological polar surface area (TPSA) is 66.5 Å². The lowest BCUT2D eigenvalue weighted by Gasteiger charge is -2.33. The number of carbonyl (C=O) groups excluding carboxylic acids is 1. The maximum Gasteiger partial charge on any atom is 0.243 e.